The molecule has 0 fully saturated rings. The maximum atomic E-state index is 9.88. The van der Waals surface area contributed by atoms with Crippen molar-refractivity contribution in [3.63, 3.8) is 0 Å². The molecule has 2 N–H and O–H groups in total. The summed E-state index contributed by atoms with van der Waals surface area (Å²) in [5.74, 6) is 0.486. The molecule has 2 nitrogen and oxygen atoms in total. The molecule has 47 valence electrons. The summed E-state index contributed by atoms with van der Waals surface area (Å²) in [6.45, 7) is 4.05. The summed E-state index contributed by atoms with van der Waals surface area (Å²) in [5.41, 5.74) is 5.22. The molecule has 0 aromatic carbocycles. The average Bonchev–Trinajstić information content (AvgIpc) is 1.65. The fraction of sp³-hybridized carbons (Fsp3) is 0.667. The van der Waals surface area contributed by atoms with Gasteiger partial charge in [-0.15, -0.1) is 0 Å². The van der Waals surface area contributed by atoms with Crippen molar-refractivity contribution in [1.29, 1.82) is 0 Å². The van der Waals surface area contributed by atoms with Crippen LogP contribution in [0.3, 0.4) is 0 Å². The van der Waals surface area contributed by atoms with E-state index in [0.717, 1.165) is 0 Å². The molecule has 0 atom stereocenters. The molecule has 2 heteroatoms. The molecule has 0 amide bonds. The lowest BCUT2D eigenvalue weighted by Crippen LogP contribution is -2.13. The molecular formula is C6H12NO. The minimum Gasteiger partial charge on any atom is -0.317 e. The second kappa shape index (κ2) is 3.61. The SMILES string of the molecule is CC(C)C[C](N)C=O. The number of hydrogen-bond acceptors (Lipinski definition) is 2. The maximum absolute atomic E-state index is 9.88. The van der Waals surface area contributed by atoms with Crippen molar-refractivity contribution in [3.8, 4) is 0 Å². The highest BCUT2D eigenvalue weighted by Crippen LogP contribution is 2.04. The van der Waals surface area contributed by atoms with Gasteiger partial charge < -0.3 is 10.5 Å². The molecule has 0 aliphatic heterocycles. The Bertz CT molecular complexity index is 70.9. The van der Waals surface area contributed by atoms with Crippen LogP contribution in [0.25, 0.3) is 0 Å². The molecule has 0 aliphatic rings. The maximum Gasteiger partial charge on any atom is 0.142 e. The van der Waals surface area contributed by atoms with Crippen LogP contribution in [-0.4, -0.2) is 6.29 Å². The fourth-order valence-corrected chi connectivity index (χ4v) is 0.520. The Kier molecular flexibility index (Phi) is 3.44. The van der Waals surface area contributed by atoms with Crippen molar-refractivity contribution in [3.05, 3.63) is 6.04 Å². The lowest BCUT2D eigenvalue weighted by molar-refractivity contribution is -0.106. The van der Waals surface area contributed by atoms with Crippen molar-refractivity contribution >= 4 is 6.29 Å². The average molecular weight is 114 g/mol. The van der Waals surface area contributed by atoms with Gasteiger partial charge in [-0.05, 0) is 12.3 Å². The summed E-state index contributed by atoms with van der Waals surface area (Å²) in [5, 5.41) is 0. The predicted octanol–water partition coefficient (Wildman–Crippen LogP) is 0.722. The van der Waals surface area contributed by atoms with Crippen molar-refractivity contribution in [2.24, 2.45) is 11.7 Å². The van der Waals surface area contributed by atoms with Gasteiger partial charge in [-0.3, -0.25) is 0 Å². The summed E-state index contributed by atoms with van der Waals surface area (Å²) in [6, 6.07) is 0.444. The van der Waals surface area contributed by atoms with E-state index in [0.29, 0.717) is 24.7 Å². The number of nitrogens with two attached hydrogens (primary N) is 1. The first-order valence-electron chi connectivity index (χ1n) is 2.73. The third-order valence-electron chi connectivity index (χ3n) is 0.795. The van der Waals surface area contributed by atoms with Gasteiger partial charge in [0.15, 0.2) is 0 Å². The van der Waals surface area contributed by atoms with Crippen LogP contribution in [-0.2, 0) is 4.79 Å². The van der Waals surface area contributed by atoms with Crippen LogP contribution in [0.15, 0.2) is 0 Å². The predicted molar refractivity (Wildman–Crippen MR) is 32.9 cm³/mol. The first-order chi connectivity index (χ1) is 3.66. The van der Waals surface area contributed by atoms with Crippen LogP contribution in [0.2, 0.25) is 0 Å². The Hall–Kier alpha value is -0.370. The molecule has 0 bridgehead atoms. The van der Waals surface area contributed by atoms with Crippen molar-refractivity contribution < 1.29 is 4.79 Å². The van der Waals surface area contributed by atoms with E-state index in [-0.39, 0.29) is 0 Å². The first-order valence-corrected chi connectivity index (χ1v) is 2.73. The largest absolute Gasteiger partial charge is 0.317 e. The van der Waals surface area contributed by atoms with Crippen LogP contribution in [0.4, 0.5) is 0 Å². The summed E-state index contributed by atoms with van der Waals surface area (Å²) >= 11 is 0. The van der Waals surface area contributed by atoms with E-state index in [4.69, 9.17) is 5.73 Å². The Balaban J connectivity index is 3.23. The molecule has 0 spiro atoms. The number of carbonyl (C=O) groups is 1. The second-order valence-corrected chi connectivity index (χ2v) is 2.29. The summed E-state index contributed by atoms with van der Waals surface area (Å²) in [7, 11) is 0. The van der Waals surface area contributed by atoms with Crippen LogP contribution in [0, 0.1) is 12.0 Å². The Morgan fingerprint density at radius 2 is 2.25 bits per heavy atom. The molecule has 0 aliphatic carbocycles. The Morgan fingerprint density at radius 1 is 1.75 bits per heavy atom. The Morgan fingerprint density at radius 3 is 2.38 bits per heavy atom. The number of hydrogen-bond donors (Lipinski definition) is 1. The second-order valence-electron chi connectivity index (χ2n) is 2.29. The molecule has 0 rings (SSSR count). The van der Waals surface area contributed by atoms with Gasteiger partial charge in [-0.25, -0.2) is 0 Å². The van der Waals surface area contributed by atoms with Gasteiger partial charge in [0.1, 0.15) is 6.29 Å². The molecule has 0 heterocycles. The van der Waals surface area contributed by atoms with Gasteiger partial charge in [0.2, 0.25) is 0 Å². The van der Waals surface area contributed by atoms with Crippen LogP contribution in [0.5, 0.6) is 0 Å². The van der Waals surface area contributed by atoms with Gasteiger partial charge in [-0.2, -0.15) is 0 Å². The molecule has 0 saturated heterocycles. The van der Waals surface area contributed by atoms with Gasteiger partial charge in [0.05, 0.1) is 6.04 Å². The normalized spacial score (nSPS) is 10.6. The third-order valence-corrected chi connectivity index (χ3v) is 0.795. The van der Waals surface area contributed by atoms with Gasteiger partial charge >= 0.3 is 0 Å². The third kappa shape index (κ3) is 3.81. The zero-order valence-electron chi connectivity index (χ0n) is 5.35. The summed E-state index contributed by atoms with van der Waals surface area (Å²) in [4.78, 5) is 9.88. The minimum absolute atomic E-state index is 0.444. The highest BCUT2D eigenvalue weighted by atomic mass is 16.1. The molecule has 0 unspecified atom stereocenters. The van der Waals surface area contributed by atoms with E-state index in [1.165, 1.54) is 0 Å². The van der Waals surface area contributed by atoms with E-state index in [9.17, 15) is 4.79 Å². The van der Waals surface area contributed by atoms with Crippen molar-refractivity contribution in [2.45, 2.75) is 20.3 Å². The highest BCUT2D eigenvalue weighted by Gasteiger charge is 2.02. The standard InChI is InChI=1S/C6H12NO/c1-5(2)3-6(7)4-8/h4-5H,3,7H2,1-2H3. The molecular weight excluding hydrogens is 102 g/mol. The fourth-order valence-electron chi connectivity index (χ4n) is 0.520. The van der Waals surface area contributed by atoms with Crippen LogP contribution in [0.1, 0.15) is 20.3 Å². The first kappa shape index (κ1) is 7.63. The van der Waals surface area contributed by atoms with Gasteiger partial charge in [0, 0.05) is 0 Å². The zero-order valence-corrected chi connectivity index (χ0v) is 5.35. The van der Waals surface area contributed by atoms with Crippen molar-refractivity contribution in [2.75, 3.05) is 0 Å². The zero-order chi connectivity index (χ0) is 6.57. The molecule has 0 aromatic rings. The molecule has 1 radical (unpaired) electrons. The molecule has 0 saturated carbocycles. The molecule has 0 aromatic heterocycles. The lowest BCUT2D eigenvalue weighted by atomic mass is 10.1. The lowest BCUT2D eigenvalue weighted by Gasteiger charge is -2.03. The van der Waals surface area contributed by atoms with Gasteiger partial charge in [-0.1, -0.05) is 13.8 Å². The van der Waals surface area contributed by atoms with E-state index >= 15 is 0 Å². The monoisotopic (exact) mass is 114 g/mol. The van der Waals surface area contributed by atoms with E-state index in [2.05, 4.69) is 0 Å². The number of aldehydes is 1. The van der Waals surface area contributed by atoms with Gasteiger partial charge in [0.25, 0.3) is 0 Å². The quantitative estimate of drug-likeness (QED) is 0.549. The minimum atomic E-state index is 0.444. The highest BCUT2D eigenvalue weighted by molar-refractivity contribution is 5.66. The number of carbonyl (C=O) groups excluding carboxylic acids is 1. The summed E-state index contributed by atoms with van der Waals surface area (Å²) < 4.78 is 0. The summed E-state index contributed by atoms with van der Waals surface area (Å²) in [6.07, 6.45) is 1.42. The van der Waals surface area contributed by atoms with E-state index < -0.39 is 0 Å². The smallest absolute Gasteiger partial charge is 0.142 e. The van der Waals surface area contributed by atoms with E-state index in [1.54, 1.807) is 0 Å². The van der Waals surface area contributed by atoms with Crippen molar-refractivity contribution in [1.82, 2.24) is 0 Å². The van der Waals surface area contributed by atoms with Crippen LogP contribution < -0.4 is 5.73 Å². The van der Waals surface area contributed by atoms with E-state index in [1.807, 2.05) is 13.8 Å². The topological polar surface area (TPSA) is 43.1 Å². The number of rotatable bonds is 3. The Labute approximate surface area is 50.1 Å². The molecule has 8 heavy (non-hydrogen) atoms. The van der Waals surface area contributed by atoms with Crippen LogP contribution >= 0.6 is 0 Å².